The number of aliphatic carboxylic acids is 1. The van der Waals surface area contributed by atoms with Gasteiger partial charge in [0.05, 0.1) is 10.6 Å². The Morgan fingerprint density at radius 2 is 1.87 bits per heavy atom. The fourth-order valence-electron chi connectivity index (χ4n) is 1.54. The molecule has 0 aliphatic rings. The Morgan fingerprint density at radius 3 is 2.30 bits per heavy atom. The summed E-state index contributed by atoms with van der Waals surface area (Å²) in [5.41, 5.74) is -0.136. The molecule has 0 aliphatic heterocycles. The first kappa shape index (κ1) is 18.5. The quantitative estimate of drug-likeness (QED) is 0.337. The van der Waals surface area contributed by atoms with Crippen molar-refractivity contribution in [3.63, 3.8) is 0 Å². The summed E-state index contributed by atoms with van der Waals surface area (Å²) in [5, 5.41) is 13.5. The van der Waals surface area contributed by atoms with Gasteiger partial charge in [0.15, 0.2) is 0 Å². The second kappa shape index (κ2) is 7.65. The van der Waals surface area contributed by atoms with Crippen molar-refractivity contribution in [3.8, 4) is 0 Å². The van der Waals surface area contributed by atoms with E-state index in [0.29, 0.717) is 6.42 Å². The van der Waals surface area contributed by atoms with Crippen LogP contribution in [0.2, 0.25) is 0 Å². The summed E-state index contributed by atoms with van der Waals surface area (Å²) in [4.78, 5) is 22.7. The van der Waals surface area contributed by atoms with Crippen molar-refractivity contribution in [1.82, 2.24) is 0 Å². The minimum atomic E-state index is -4.36. The zero-order valence-corrected chi connectivity index (χ0v) is 13.2. The lowest BCUT2D eigenvalue weighted by molar-refractivity contribution is -0.129. The highest BCUT2D eigenvalue weighted by Gasteiger charge is 2.18. The molecule has 0 saturated heterocycles. The molecule has 1 rings (SSSR count). The minimum absolute atomic E-state index is 0.0555. The minimum Gasteiger partial charge on any atom is -0.477 e. The fraction of sp³-hybridized carbons (Fsp3) is 0.214. The maximum Gasteiger partial charge on any atom is 0.351 e. The lowest BCUT2D eigenvalue weighted by Crippen LogP contribution is -2.28. The molecule has 0 spiro atoms. The Hall–Kier alpha value is -2.52. The lowest BCUT2D eigenvalue weighted by atomic mass is 10.2. The monoisotopic (exact) mass is 340 g/mol. The second-order valence-electron chi connectivity index (χ2n) is 4.49. The van der Waals surface area contributed by atoms with Crippen LogP contribution in [0.15, 0.2) is 46.9 Å². The smallest absolute Gasteiger partial charge is 0.351 e. The van der Waals surface area contributed by atoms with Gasteiger partial charge in [0.1, 0.15) is 5.71 Å². The van der Waals surface area contributed by atoms with E-state index in [-0.39, 0.29) is 22.7 Å². The van der Waals surface area contributed by atoms with Gasteiger partial charge < -0.3 is 5.11 Å². The number of nitrogens with zero attached hydrogens (tertiary/aromatic N) is 2. The van der Waals surface area contributed by atoms with Crippen LogP contribution in [0, 0.1) is 0 Å². The second-order valence-corrected chi connectivity index (χ2v) is 5.91. The molecule has 0 saturated carbocycles. The predicted molar refractivity (Wildman–Crippen MR) is 83.9 cm³/mol. The molecule has 0 heterocycles. The molecule has 0 atom stereocenters. The van der Waals surface area contributed by atoms with E-state index in [1.807, 2.05) is 0 Å². The van der Waals surface area contributed by atoms with Crippen LogP contribution in [0.1, 0.15) is 19.8 Å². The Bertz CT molecular complexity index is 737. The van der Waals surface area contributed by atoms with Crippen LogP contribution in [0.5, 0.6) is 0 Å². The van der Waals surface area contributed by atoms with Crippen molar-refractivity contribution in [1.29, 1.82) is 0 Å². The highest BCUT2D eigenvalue weighted by molar-refractivity contribution is 7.85. The number of hydrogen-bond donors (Lipinski definition) is 2. The number of anilines is 1. The van der Waals surface area contributed by atoms with Crippen LogP contribution in [0.4, 0.5) is 5.69 Å². The van der Waals surface area contributed by atoms with E-state index in [1.165, 1.54) is 25.1 Å². The molecule has 1 aromatic rings. The number of rotatable bonds is 7. The summed E-state index contributed by atoms with van der Waals surface area (Å²) in [6.45, 7) is 4.72. The van der Waals surface area contributed by atoms with E-state index in [2.05, 4.69) is 11.7 Å². The van der Waals surface area contributed by atoms with Crippen LogP contribution in [-0.2, 0) is 19.7 Å². The summed E-state index contributed by atoms with van der Waals surface area (Å²) < 4.78 is 31.0. The van der Waals surface area contributed by atoms with Crippen LogP contribution in [0.3, 0.4) is 0 Å². The highest BCUT2D eigenvalue weighted by atomic mass is 32.2. The molecular formula is C14H16N2O6S. The number of carbonyl (C=O) groups excluding carboxylic acids is 1. The van der Waals surface area contributed by atoms with Crippen molar-refractivity contribution >= 4 is 33.4 Å². The van der Waals surface area contributed by atoms with Crippen molar-refractivity contribution in [2.24, 2.45) is 5.10 Å². The SMILES string of the molecule is C=CCCC(=O)N(/N=C(\C)C(=O)O)c1ccc(S(=O)(=O)O)cc1. The van der Waals surface area contributed by atoms with Crippen molar-refractivity contribution in [2.75, 3.05) is 5.01 Å². The average Bonchev–Trinajstić information content (AvgIpc) is 2.49. The van der Waals surface area contributed by atoms with E-state index >= 15 is 0 Å². The zero-order chi connectivity index (χ0) is 17.6. The van der Waals surface area contributed by atoms with Gasteiger partial charge in [0.2, 0.25) is 5.91 Å². The van der Waals surface area contributed by atoms with Gasteiger partial charge in [-0.25, -0.2) is 9.80 Å². The summed E-state index contributed by atoms with van der Waals surface area (Å²) in [6.07, 6.45) is 1.96. The third kappa shape index (κ3) is 5.31. The molecule has 0 aromatic heterocycles. The zero-order valence-electron chi connectivity index (χ0n) is 12.3. The molecule has 1 amide bonds. The normalized spacial score (nSPS) is 11.8. The molecule has 124 valence electrons. The van der Waals surface area contributed by atoms with Crippen molar-refractivity contribution in [3.05, 3.63) is 36.9 Å². The molecular weight excluding hydrogens is 324 g/mol. The number of allylic oxidation sites excluding steroid dienone is 1. The van der Waals surface area contributed by atoms with Gasteiger partial charge in [-0.1, -0.05) is 6.08 Å². The highest BCUT2D eigenvalue weighted by Crippen LogP contribution is 2.20. The van der Waals surface area contributed by atoms with Gasteiger partial charge >= 0.3 is 5.97 Å². The summed E-state index contributed by atoms with van der Waals surface area (Å²) in [5.74, 6) is -1.77. The molecule has 2 N–H and O–H groups in total. The molecule has 23 heavy (non-hydrogen) atoms. The van der Waals surface area contributed by atoms with Gasteiger partial charge in [-0.3, -0.25) is 9.35 Å². The van der Waals surface area contributed by atoms with E-state index in [4.69, 9.17) is 9.66 Å². The number of benzene rings is 1. The molecule has 8 nitrogen and oxygen atoms in total. The van der Waals surface area contributed by atoms with E-state index in [0.717, 1.165) is 17.1 Å². The van der Waals surface area contributed by atoms with E-state index < -0.39 is 22.0 Å². The molecule has 1 aromatic carbocycles. The van der Waals surface area contributed by atoms with Gasteiger partial charge in [0, 0.05) is 6.42 Å². The van der Waals surface area contributed by atoms with Gasteiger partial charge in [-0.2, -0.15) is 13.5 Å². The number of carboxylic acids is 1. The van der Waals surface area contributed by atoms with Crippen LogP contribution in [0.25, 0.3) is 0 Å². The number of hydrogen-bond acceptors (Lipinski definition) is 5. The predicted octanol–water partition coefficient (Wildman–Crippen LogP) is 1.69. The molecule has 0 fully saturated rings. The van der Waals surface area contributed by atoms with Gasteiger partial charge in [0.25, 0.3) is 10.1 Å². The maximum atomic E-state index is 12.2. The lowest BCUT2D eigenvalue weighted by Gasteiger charge is -2.17. The topological polar surface area (TPSA) is 124 Å². The summed E-state index contributed by atoms with van der Waals surface area (Å²) >= 11 is 0. The Balaban J connectivity index is 3.23. The first-order chi connectivity index (χ1) is 10.7. The molecule has 0 unspecified atom stereocenters. The summed E-state index contributed by atoms with van der Waals surface area (Å²) in [6, 6.07) is 4.66. The summed E-state index contributed by atoms with van der Waals surface area (Å²) in [7, 11) is -4.36. The van der Waals surface area contributed by atoms with Crippen LogP contribution >= 0.6 is 0 Å². The number of carbonyl (C=O) groups is 2. The Morgan fingerprint density at radius 1 is 1.30 bits per heavy atom. The number of amides is 1. The van der Waals surface area contributed by atoms with E-state index in [1.54, 1.807) is 0 Å². The molecule has 0 bridgehead atoms. The van der Waals surface area contributed by atoms with Crippen LogP contribution in [-0.4, -0.2) is 35.7 Å². The number of carboxylic acid groups (broad SMARTS) is 1. The Kier molecular flexibility index (Phi) is 6.17. The first-order valence-corrected chi connectivity index (χ1v) is 7.90. The maximum absolute atomic E-state index is 12.2. The third-order valence-electron chi connectivity index (χ3n) is 2.74. The van der Waals surface area contributed by atoms with Crippen molar-refractivity contribution < 1.29 is 27.7 Å². The van der Waals surface area contributed by atoms with Gasteiger partial charge in [-0.05, 0) is 37.6 Å². The van der Waals surface area contributed by atoms with Crippen molar-refractivity contribution in [2.45, 2.75) is 24.7 Å². The third-order valence-corrected chi connectivity index (χ3v) is 3.61. The number of hydrazone groups is 1. The molecule has 9 heteroatoms. The first-order valence-electron chi connectivity index (χ1n) is 6.46. The van der Waals surface area contributed by atoms with Gasteiger partial charge in [-0.15, -0.1) is 6.58 Å². The Labute approximate surface area is 133 Å². The van der Waals surface area contributed by atoms with E-state index in [9.17, 15) is 18.0 Å². The largest absolute Gasteiger partial charge is 0.477 e. The molecule has 0 radical (unpaired) electrons. The van der Waals surface area contributed by atoms with Crippen LogP contribution < -0.4 is 5.01 Å². The molecule has 0 aliphatic carbocycles. The fourth-order valence-corrected chi connectivity index (χ4v) is 2.02. The standard InChI is InChI=1S/C14H16N2O6S/c1-3-4-5-13(17)16(15-10(2)14(18)19)11-6-8-12(9-7-11)23(20,21)22/h3,6-9H,1,4-5H2,2H3,(H,18,19)(H,20,21,22)/b15-10+. The average molecular weight is 340 g/mol.